The van der Waals surface area contributed by atoms with Crippen molar-refractivity contribution in [3.63, 3.8) is 0 Å². The van der Waals surface area contributed by atoms with Gasteiger partial charge in [0.15, 0.2) is 0 Å². The second-order valence-electron chi connectivity index (χ2n) is 15.8. The number of aliphatic hydroxyl groups excluding tert-OH is 1. The van der Waals surface area contributed by atoms with E-state index in [4.69, 9.17) is 9.53 Å². The summed E-state index contributed by atoms with van der Waals surface area (Å²) in [6.07, 6.45) is 1.38. The molecule has 0 aliphatic carbocycles. The molecule has 5 N–H and O–H groups in total. The highest BCUT2D eigenvalue weighted by molar-refractivity contribution is 5.89. The molecule has 11 nitrogen and oxygen atoms in total. The van der Waals surface area contributed by atoms with Crippen molar-refractivity contribution in [3.05, 3.63) is 96.6 Å². The SMILES string of the molecule is C/C=C(\C)[C@H](C)NC.C=C.CC(C)(C)CC(=O)N1CCC(O)C1.CCCC(=O)NCC1CN(C=O)C1.Cc1ccc2c(Oc3ccc(C(F)(F)F)cc3)cccc2c1.NC=O. The number of amides is 4. The first-order valence-electron chi connectivity index (χ1n) is 20.4. The zero-order valence-electron chi connectivity index (χ0n) is 37.6. The molecule has 14 heteroatoms. The molecule has 2 aliphatic rings. The van der Waals surface area contributed by atoms with Crippen LogP contribution in [0.2, 0.25) is 0 Å². The van der Waals surface area contributed by atoms with E-state index >= 15 is 0 Å². The van der Waals surface area contributed by atoms with Crippen LogP contribution in [0.1, 0.15) is 85.3 Å². The minimum atomic E-state index is -4.34. The summed E-state index contributed by atoms with van der Waals surface area (Å²) in [6.45, 7) is 26.0. The molecule has 2 fully saturated rings. The van der Waals surface area contributed by atoms with Crippen LogP contribution in [0.3, 0.4) is 0 Å². The lowest BCUT2D eigenvalue weighted by Gasteiger charge is -2.36. The molecule has 1 unspecified atom stereocenters. The third kappa shape index (κ3) is 22.8. The number of nitrogens with one attached hydrogen (secondary N) is 2. The first-order valence-corrected chi connectivity index (χ1v) is 20.4. The lowest BCUT2D eigenvalue weighted by Crippen LogP contribution is -2.50. The number of ether oxygens (including phenoxy) is 1. The van der Waals surface area contributed by atoms with Gasteiger partial charge in [-0.05, 0) is 88.7 Å². The molecule has 3 aromatic carbocycles. The fraction of sp³-hybridized carbons (Fsp3) is 0.489. The highest BCUT2D eigenvalue weighted by Crippen LogP contribution is 2.33. The number of primary amides is 1. The third-order valence-electron chi connectivity index (χ3n) is 9.37. The number of β-amino-alcohol motifs (C(OH)–C–C–N with tert-alkyl or cyclic N) is 1. The Hall–Kier alpha value is -5.21. The molecular weight excluding hydrogens is 788 g/mol. The van der Waals surface area contributed by atoms with Crippen LogP contribution in [0.4, 0.5) is 13.2 Å². The summed E-state index contributed by atoms with van der Waals surface area (Å²) in [5.74, 6) is 1.75. The number of likely N-dealkylation sites (N-methyl/N-ethyl adjacent to an activating group) is 1. The number of nitrogens with zero attached hydrogens (tertiary/aromatic N) is 2. The van der Waals surface area contributed by atoms with Gasteiger partial charge >= 0.3 is 6.18 Å². The zero-order valence-corrected chi connectivity index (χ0v) is 37.6. The smallest absolute Gasteiger partial charge is 0.416 e. The highest BCUT2D eigenvalue weighted by atomic mass is 19.4. The molecule has 2 aliphatic heterocycles. The van der Waals surface area contributed by atoms with E-state index in [0.717, 1.165) is 67.4 Å². The number of allylic oxidation sites excluding steroid dienone is 1. The van der Waals surface area contributed by atoms with Crippen LogP contribution in [-0.2, 0) is 25.4 Å². The summed E-state index contributed by atoms with van der Waals surface area (Å²) < 4.78 is 43.4. The predicted octanol–water partition coefficient (Wildman–Crippen LogP) is 8.43. The Morgan fingerprint density at radius 2 is 1.64 bits per heavy atom. The molecule has 4 amide bonds. The third-order valence-corrected chi connectivity index (χ3v) is 9.37. The number of halogens is 3. The molecule has 3 aromatic rings. The lowest BCUT2D eigenvalue weighted by molar-refractivity contribution is -0.137. The Kier molecular flexibility index (Phi) is 26.6. The first kappa shape index (κ1) is 55.8. The Labute approximate surface area is 361 Å². The van der Waals surface area contributed by atoms with Crippen LogP contribution in [0.15, 0.2) is 85.5 Å². The molecule has 5 rings (SSSR count). The molecular formula is C47H70F3N5O6. The van der Waals surface area contributed by atoms with Crippen molar-refractivity contribution in [1.29, 1.82) is 0 Å². The van der Waals surface area contributed by atoms with Crippen molar-refractivity contribution in [2.75, 3.05) is 39.8 Å². The number of hydrogen-bond donors (Lipinski definition) is 4. The van der Waals surface area contributed by atoms with Gasteiger partial charge in [0.2, 0.25) is 24.6 Å². The Bertz CT molecular complexity index is 1770. The van der Waals surface area contributed by atoms with E-state index in [1.165, 1.54) is 17.7 Å². The van der Waals surface area contributed by atoms with E-state index in [1.807, 2.05) is 51.2 Å². The van der Waals surface area contributed by atoms with E-state index in [9.17, 15) is 32.7 Å². The normalized spacial score (nSPS) is 15.2. The summed E-state index contributed by atoms with van der Waals surface area (Å²) >= 11 is 0. The standard InChI is InChI=1S/C18H13F3O.C10H19NO2.C9H16N2O2.C7H15N.C2H4.CH3NO/c1-12-5-10-16-13(11-12)3-2-4-17(16)22-15-8-6-14(7-9-15)18(19,20)21;1-10(2,3)6-9(13)11-5-4-8(12)7-11;1-2-3-9(13)10-4-8-5-11(6-8)7-12;1-5-6(2)7(3)8-4;1-2;2-1-3/h2-11H,1H3;8,12H,4-7H2,1-3H3;7-8H,2-6H2,1H3,(H,10,13);5,7-8H,1-4H3;1-2H2;1H,(H2,2,3)/b;;;6-5+;;/t;;;7-;;/m...0../s1. The molecule has 61 heavy (non-hydrogen) atoms. The van der Waals surface area contributed by atoms with Crippen molar-refractivity contribution in [2.45, 2.75) is 99.4 Å². The Balaban J connectivity index is 0.000000804. The Morgan fingerprint density at radius 3 is 2.10 bits per heavy atom. The minimum Gasteiger partial charge on any atom is -0.457 e. The summed E-state index contributed by atoms with van der Waals surface area (Å²) in [7, 11) is 1.97. The van der Waals surface area contributed by atoms with Crippen molar-refractivity contribution < 1.29 is 42.2 Å². The van der Waals surface area contributed by atoms with Gasteiger partial charge in [0.25, 0.3) is 0 Å². The first-order chi connectivity index (χ1) is 28.7. The number of nitrogens with two attached hydrogens (primary N) is 1. The number of hydrogen-bond acceptors (Lipinski definition) is 7. The number of aryl methyl sites for hydroxylation is 1. The maximum atomic E-state index is 12.6. The van der Waals surface area contributed by atoms with Gasteiger partial charge in [-0.1, -0.05) is 75.2 Å². The van der Waals surface area contributed by atoms with Gasteiger partial charge in [-0.2, -0.15) is 13.2 Å². The maximum Gasteiger partial charge on any atom is 0.416 e. The summed E-state index contributed by atoms with van der Waals surface area (Å²) in [5, 5.41) is 17.2. The largest absolute Gasteiger partial charge is 0.457 e. The van der Waals surface area contributed by atoms with Gasteiger partial charge in [-0.25, -0.2) is 0 Å². The molecule has 0 spiro atoms. The van der Waals surface area contributed by atoms with Crippen molar-refractivity contribution in [1.82, 2.24) is 20.4 Å². The van der Waals surface area contributed by atoms with Crippen LogP contribution in [-0.4, -0.2) is 91.5 Å². The van der Waals surface area contributed by atoms with E-state index < -0.39 is 11.7 Å². The van der Waals surface area contributed by atoms with Gasteiger partial charge in [-0.15, -0.1) is 13.2 Å². The number of carbonyl (C=O) groups is 4. The zero-order chi connectivity index (χ0) is 46.8. The summed E-state index contributed by atoms with van der Waals surface area (Å²) in [4.78, 5) is 44.9. The quantitative estimate of drug-likeness (QED) is 0.118. The van der Waals surface area contributed by atoms with Crippen molar-refractivity contribution >= 4 is 35.4 Å². The molecule has 2 saturated heterocycles. The Morgan fingerprint density at radius 1 is 1.03 bits per heavy atom. The van der Waals surface area contributed by atoms with Crippen LogP contribution in [0.5, 0.6) is 11.5 Å². The number of benzene rings is 3. The van der Waals surface area contributed by atoms with E-state index in [0.29, 0.717) is 49.4 Å². The minimum absolute atomic E-state index is 0.0463. The van der Waals surface area contributed by atoms with Crippen LogP contribution in [0.25, 0.3) is 10.8 Å². The summed E-state index contributed by atoms with van der Waals surface area (Å²) in [6, 6.07) is 16.8. The van der Waals surface area contributed by atoms with E-state index in [1.54, 1.807) is 15.9 Å². The second-order valence-corrected chi connectivity index (χ2v) is 15.8. The van der Waals surface area contributed by atoms with Crippen LogP contribution in [0, 0.1) is 18.3 Å². The maximum absolute atomic E-state index is 12.6. The number of aliphatic hydroxyl groups is 1. The summed E-state index contributed by atoms with van der Waals surface area (Å²) in [5.41, 5.74) is 6.06. The second kappa shape index (κ2) is 29.1. The van der Waals surface area contributed by atoms with Gasteiger partial charge in [0.1, 0.15) is 11.5 Å². The van der Waals surface area contributed by atoms with E-state index in [2.05, 4.69) is 77.1 Å². The van der Waals surface area contributed by atoms with Crippen LogP contribution < -0.4 is 21.1 Å². The molecule has 0 aromatic heterocycles. The van der Waals surface area contributed by atoms with Crippen molar-refractivity contribution in [2.24, 2.45) is 17.1 Å². The number of alkyl halides is 3. The monoisotopic (exact) mass is 858 g/mol. The van der Waals surface area contributed by atoms with Crippen molar-refractivity contribution in [3.8, 4) is 11.5 Å². The average Bonchev–Trinajstić information content (AvgIpc) is 3.64. The van der Waals surface area contributed by atoms with Gasteiger partial charge in [-0.3, -0.25) is 19.2 Å². The predicted molar refractivity (Wildman–Crippen MR) is 240 cm³/mol. The van der Waals surface area contributed by atoms with Gasteiger partial charge in [0, 0.05) is 62.9 Å². The average molecular weight is 858 g/mol. The number of likely N-dealkylation sites (tertiary alicyclic amines) is 2. The number of rotatable bonds is 10. The molecule has 0 bridgehead atoms. The fourth-order valence-corrected chi connectivity index (χ4v) is 5.71. The van der Waals surface area contributed by atoms with E-state index in [-0.39, 0.29) is 29.7 Å². The molecule has 2 heterocycles. The molecule has 0 radical (unpaired) electrons. The topological polar surface area (TPSA) is 154 Å². The number of fused-ring (bicyclic) bond motifs is 1. The highest BCUT2D eigenvalue weighted by Gasteiger charge is 2.30. The van der Waals surface area contributed by atoms with Gasteiger partial charge < -0.3 is 36.0 Å². The molecule has 340 valence electrons. The van der Waals surface area contributed by atoms with Gasteiger partial charge in [0.05, 0.1) is 11.7 Å². The molecule has 2 atom stereocenters. The lowest BCUT2D eigenvalue weighted by atomic mass is 9.92. The fourth-order valence-electron chi connectivity index (χ4n) is 5.71. The number of carbonyl (C=O) groups excluding carboxylic acids is 4. The molecule has 0 saturated carbocycles. The van der Waals surface area contributed by atoms with Crippen LogP contribution >= 0.6 is 0 Å².